The summed E-state index contributed by atoms with van der Waals surface area (Å²) in [6, 6.07) is 1.96. The molecule has 82 valence electrons. The van der Waals surface area contributed by atoms with Crippen molar-refractivity contribution in [1.82, 2.24) is 19.3 Å². The van der Waals surface area contributed by atoms with Crippen LogP contribution in [0.4, 0.5) is 0 Å². The molecule has 6 nitrogen and oxygen atoms in total. The van der Waals surface area contributed by atoms with Crippen molar-refractivity contribution < 1.29 is 0 Å². The SMILES string of the molecule is CC(C)n1nc(C#N)c2ncn(C)c(=O)c21. The number of rotatable bonds is 1. The highest BCUT2D eigenvalue weighted by molar-refractivity contribution is 5.78. The minimum absolute atomic E-state index is 0.0153. The van der Waals surface area contributed by atoms with Crippen LogP contribution in [-0.2, 0) is 7.05 Å². The van der Waals surface area contributed by atoms with Crippen molar-refractivity contribution in [2.24, 2.45) is 7.05 Å². The van der Waals surface area contributed by atoms with Gasteiger partial charge in [-0.25, -0.2) is 4.98 Å². The van der Waals surface area contributed by atoms with E-state index in [2.05, 4.69) is 10.1 Å². The molecule has 0 amide bonds. The Labute approximate surface area is 91.7 Å². The molecule has 0 aromatic carbocycles. The van der Waals surface area contributed by atoms with Crippen molar-refractivity contribution in [1.29, 1.82) is 5.26 Å². The van der Waals surface area contributed by atoms with Gasteiger partial charge in [0.05, 0.1) is 6.33 Å². The molecule has 0 radical (unpaired) electrons. The lowest BCUT2D eigenvalue weighted by Gasteiger charge is -2.06. The van der Waals surface area contributed by atoms with Gasteiger partial charge in [0, 0.05) is 13.1 Å². The summed E-state index contributed by atoms with van der Waals surface area (Å²) < 4.78 is 2.92. The highest BCUT2D eigenvalue weighted by atomic mass is 16.1. The topological polar surface area (TPSA) is 76.5 Å². The first-order chi connectivity index (χ1) is 7.56. The molecular weight excluding hydrogens is 206 g/mol. The zero-order chi connectivity index (χ0) is 11.9. The van der Waals surface area contributed by atoms with E-state index in [4.69, 9.17) is 5.26 Å². The molecule has 0 N–H and O–H groups in total. The summed E-state index contributed by atoms with van der Waals surface area (Å²) in [5, 5.41) is 13.0. The number of nitriles is 1. The molecule has 0 aliphatic carbocycles. The Kier molecular flexibility index (Phi) is 2.23. The molecule has 0 saturated heterocycles. The van der Waals surface area contributed by atoms with Crippen LogP contribution in [0.2, 0.25) is 0 Å². The van der Waals surface area contributed by atoms with Crippen molar-refractivity contribution >= 4 is 11.0 Å². The molecule has 0 unspecified atom stereocenters. The van der Waals surface area contributed by atoms with Crippen LogP contribution in [0.1, 0.15) is 25.6 Å². The first-order valence-electron chi connectivity index (χ1n) is 4.90. The number of fused-ring (bicyclic) bond motifs is 1. The van der Waals surface area contributed by atoms with E-state index >= 15 is 0 Å². The van der Waals surface area contributed by atoms with Gasteiger partial charge in [0.25, 0.3) is 5.56 Å². The van der Waals surface area contributed by atoms with E-state index in [0.717, 1.165) is 0 Å². The molecule has 2 heterocycles. The Morgan fingerprint density at radius 3 is 2.75 bits per heavy atom. The van der Waals surface area contributed by atoms with Crippen LogP contribution >= 0.6 is 0 Å². The number of aryl methyl sites for hydroxylation is 1. The second-order valence-electron chi connectivity index (χ2n) is 3.86. The second kappa shape index (κ2) is 3.45. The Bertz CT molecular complexity index is 643. The van der Waals surface area contributed by atoms with Gasteiger partial charge in [-0.2, -0.15) is 10.4 Å². The van der Waals surface area contributed by atoms with Crippen LogP contribution in [0.3, 0.4) is 0 Å². The van der Waals surface area contributed by atoms with E-state index in [0.29, 0.717) is 11.0 Å². The van der Waals surface area contributed by atoms with Crippen molar-refractivity contribution in [2.75, 3.05) is 0 Å². The first kappa shape index (κ1) is 10.4. The fourth-order valence-electron chi connectivity index (χ4n) is 1.56. The Morgan fingerprint density at radius 1 is 1.50 bits per heavy atom. The highest BCUT2D eigenvalue weighted by Crippen LogP contribution is 2.15. The third-order valence-corrected chi connectivity index (χ3v) is 2.36. The molecule has 2 aromatic rings. The van der Waals surface area contributed by atoms with Gasteiger partial charge in [0.1, 0.15) is 11.6 Å². The molecule has 0 saturated carbocycles. The van der Waals surface area contributed by atoms with E-state index in [1.807, 2.05) is 19.9 Å². The lowest BCUT2D eigenvalue weighted by atomic mass is 10.3. The van der Waals surface area contributed by atoms with Crippen LogP contribution in [0, 0.1) is 11.3 Å². The Morgan fingerprint density at radius 2 is 2.19 bits per heavy atom. The molecule has 0 fully saturated rings. The molecule has 0 aliphatic rings. The van der Waals surface area contributed by atoms with Gasteiger partial charge in [-0.1, -0.05) is 0 Å². The third-order valence-electron chi connectivity index (χ3n) is 2.36. The summed E-state index contributed by atoms with van der Waals surface area (Å²) >= 11 is 0. The normalized spacial score (nSPS) is 10.9. The molecule has 2 rings (SSSR count). The van der Waals surface area contributed by atoms with E-state index in [1.54, 1.807) is 11.7 Å². The lowest BCUT2D eigenvalue weighted by molar-refractivity contribution is 0.546. The second-order valence-corrected chi connectivity index (χ2v) is 3.86. The molecule has 16 heavy (non-hydrogen) atoms. The highest BCUT2D eigenvalue weighted by Gasteiger charge is 2.17. The summed E-state index contributed by atoms with van der Waals surface area (Å²) in [5.41, 5.74) is 0.768. The average Bonchev–Trinajstić information content (AvgIpc) is 2.62. The molecule has 2 aromatic heterocycles. The van der Waals surface area contributed by atoms with E-state index in [9.17, 15) is 4.79 Å². The smallest absolute Gasteiger partial charge is 0.279 e. The maximum absolute atomic E-state index is 11.9. The van der Waals surface area contributed by atoms with Crippen LogP contribution < -0.4 is 5.56 Å². The van der Waals surface area contributed by atoms with Crippen LogP contribution in [0.5, 0.6) is 0 Å². The zero-order valence-electron chi connectivity index (χ0n) is 9.30. The van der Waals surface area contributed by atoms with Gasteiger partial charge in [0.15, 0.2) is 11.2 Å². The number of aromatic nitrogens is 4. The standard InChI is InChI=1S/C10H11N5O/c1-6(2)15-9-8(7(4-11)13-15)12-5-14(3)10(9)16/h5-6H,1-3H3. The largest absolute Gasteiger partial charge is 0.301 e. The third kappa shape index (κ3) is 1.29. The van der Waals surface area contributed by atoms with Gasteiger partial charge >= 0.3 is 0 Å². The van der Waals surface area contributed by atoms with Crippen LogP contribution in [0.15, 0.2) is 11.1 Å². The van der Waals surface area contributed by atoms with Crippen molar-refractivity contribution in [3.05, 3.63) is 22.4 Å². The van der Waals surface area contributed by atoms with Gasteiger partial charge in [-0.15, -0.1) is 0 Å². The van der Waals surface area contributed by atoms with E-state index in [-0.39, 0.29) is 17.3 Å². The minimum Gasteiger partial charge on any atom is -0.301 e. The number of hydrogen-bond acceptors (Lipinski definition) is 4. The maximum atomic E-state index is 11.9. The maximum Gasteiger partial charge on any atom is 0.279 e. The van der Waals surface area contributed by atoms with E-state index < -0.39 is 0 Å². The quantitative estimate of drug-likeness (QED) is 0.700. The summed E-state index contributed by atoms with van der Waals surface area (Å²) in [6.45, 7) is 3.81. The summed E-state index contributed by atoms with van der Waals surface area (Å²) in [7, 11) is 1.62. The predicted octanol–water partition coefficient (Wildman–Crippen LogP) is 0.583. The fraction of sp³-hybridized carbons (Fsp3) is 0.400. The molecule has 0 spiro atoms. The van der Waals surface area contributed by atoms with E-state index in [1.165, 1.54) is 10.9 Å². The fourth-order valence-corrected chi connectivity index (χ4v) is 1.56. The monoisotopic (exact) mass is 217 g/mol. The lowest BCUT2D eigenvalue weighted by Crippen LogP contribution is -2.20. The molecule has 0 aliphatic heterocycles. The van der Waals surface area contributed by atoms with Gasteiger partial charge < -0.3 is 4.57 Å². The number of hydrogen-bond donors (Lipinski definition) is 0. The molecule has 6 heteroatoms. The molecular formula is C10H11N5O. The Hall–Kier alpha value is -2.16. The van der Waals surface area contributed by atoms with Crippen molar-refractivity contribution in [3.63, 3.8) is 0 Å². The minimum atomic E-state index is -0.187. The summed E-state index contributed by atoms with van der Waals surface area (Å²) in [4.78, 5) is 16.0. The van der Waals surface area contributed by atoms with Crippen molar-refractivity contribution in [2.45, 2.75) is 19.9 Å². The Balaban J connectivity index is 2.99. The summed E-state index contributed by atoms with van der Waals surface area (Å²) in [6.07, 6.45) is 1.40. The van der Waals surface area contributed by atoms with Crippen LogP contribution in [-0.4, -0.2) is 19.3 Å². The van der Waals surface area contributed by atoms with Gasteiger partial charge in [-0.3, -0.25) is 9.48 Å². The zero-order valence-corrected chi connectivity index (χ0v) is 9.30. The summed E-state index contributed by atoms with van der Waals surface area (Å²) in [5.74, 6) is 0. The molecule has 0 bridgehead atoms. The molecule has 0 atom stereocenters. The van der Waals surface area contributed by atoms with Gasteiger partial charge in [-0.05, 0) is 13.8 Å². The van der Waals surface area contributed by atoms with Crippen molar-refractivity contribution in [3.8, 4) is 6.07 Å². The first-order valence-corrected chi connectivity index (χ1v) is 4.90. The van der Waals surface area contributed by atoms with Gasteiger partial charge in [0.2, 0.25) is 0 Å². The van der Waals surface area contributed by atoms with Crippen LogP contribution in [0.25, 0.3) is 11.0 Å². The predicted molar refractivity (Wildman–Crippen MR) is 57.9 cm³/mol. The number of nitrogens with zero attached hydrogens (tertiary/aromatic N) is 5. The average molecular weight is 217 g/mol.